The molecule has 116 valence electrons. The van der Waals surface area contributed by atoms with Crippen LogP contribution in [0.15, 0.2) is 22.7 Å². The van der Waals surface area contributed by atoms with Gasteiger partial charge in [-0.15, -0.1) is 0 Å². The standard InChI is InChI=1S/C16H22BrNO3/c1-18(7-8-21-11-12-3-4-12)10-14-6-5-13(9-15(14)17)16(19)20-2/h5-6,9,12H,3-4,7-8,10-11H2,1-2H3. The quantitative estimate of drug-likeness (QED) is 0.530. The number of carbonyl (C=O) groups excluding carboxylic acids is 1. The molecule has 0 unspecified atom stereocenters. The topological polar surface area (TPSA) is 38.8 Å². The first kappa shape index (κ1) is 16.5. The minimum atomic E-state index is -0.316. The lowest BCUT2D eigenvalue weighted by molar-refractivity contribution is 0.0600. The summed E-state index contributed by atoms with van der Waals surface area (Å²) < 4.78 is 11.3. The maximum absolute atomic E-state index is 11.5. The van der Waals surface area contributed by atoms with Gasteiger partial charge >= 0.3 is 5.97 Å². The van der Waals surface area contributed by atoms with E-state index in [2.05, 4.69) is 27.9 Å². The van der Waals surface area contributed by atoms with E-state index in [1.54, 1.807) is 12.1 Å². The monoisotopic (exact) mass is 355 g/mol. The normalized spacial score (nSPS) is 14.5. The van der Waals surface area contributed by atoms with Crippen molar-refractivity contribution in [3.63, 3.8) is 0 Å². The summed E-state index contributed by atoms with van der Waals surface area (Å²) in [5.74, 6) is 0.499. The van der Waals surface area contributed by atoms with Crippen molar-refractivity contribution >= 4 is 21.9 Å². The van der Waals surface area contributed by atoms with Gasteiger partial charge in [0, 0.05) is 24.2 Å². The number of rotatable bonds is 8. The average Bonchev–Trinajstić information content (AvgIpc) is 3.29. The Balaban J connectivity index is 1.79. The van der Waals surface area contributed by atoms with Crippen LogP contribution in [0.2, 0.25) is 0 Å². The van der Waals surface area contributed by atoms with Gasteiger partial charge in [-0.3, -0.25) is 4.90 Å². The van der Waals surface area contributed by atoms with E-state index in [4.69, 9.17) is 9.47 Å². The van der Waals surface area contributed by atoms with Gasteiger partial charge < -0.3 is 9.47 Å². The van der Waals surface area contributed by atoms with Crippen molar-refractivity contribution in [1.82, 2.24) is 4.90 Å². The summed E-state index contributed by atoms with van der Waals surface area (Å²) in [4.78, 5) is 13.7. The Morgan fingerprint density at radius 2 is 2.19 bits per heavy atom. The molecule has 1 aliphatic rings. The smallest absolute Gasteiger partial charge is 0.337 e. The van der Waals surface area contributed by atoms with Crippen molar-refractivity contribution in [2.45, 2.75) is 19.4 Å². The van der Waals surface area contributed by atoms with Crippen LogP contribution in [0.5, 0.6) is 0 Å². The molecule has 0 bridgehead atoms. The molecule has 0 aromatic heterocycles. The van der Waals surface area contributed by atoms with Crippen LogP contribution in [0.25, 0.3) is 0 Å². The Morgan fingerprint density at radius 1 is 1.43 bits per heavy atom. The van der Waals surface area contributed by atoms with Crippen LogP contribution in [0.1, 0.15) is 28.8 Å². The van der Waals surface area contributed by atoms with E-state index in [9.17, 15) is 4.79 Å². The first-order chi connectivity index (χ1) is 10.1. The van der Waals surface area contributed by atoms with Crippen LogP contribution in [-0.4, -0.2) is 44.8 Å². The summed E-state index contributed by atoms with van der Waals surface area (Å²) in [6.45, 7) is 3.39. The predicted octanol–water partition coefficient (Wildman–Crippen LogP) is 3.09. The molecule has 1 fully saturated rings. The van der Waals surface area contributed by atoms with Gasteiger partial charge in [0.05, 0.1) is 19.3 Å². The molecule has 4 nitrogen and oxygen atoms in total. The van der Waals surface area contributed by atoms with E-state index in [1.807, 2.05) is 6.07 Å². The third-order valence-electron chi connectivity index (χ3n) is 3.58. The van der Waals surface area contributed by atoms with Crippen LogP contribution in [0.4, 0.5) is 0 Å². The molecular weight excluding hydrogens is 334 g/mol. The molecule has 2 rings (SSSR count). The van der Waals surface area contributed by atoms with E-state index in [1.165, 1.54) is 20.0 Å². The minimum absolute atomic E-state index is 0.316. The zero-order valence-electron chi connectivity index (χ0n) is 12.6. The lowest BCUT2D eigenvalue weighted by Gasteiger charge is -2.18. The molecule has 0 radical (unpaired) electrons. The van der Waals surface area contributed by atoms with Crippen molar-refractivity contribution in [3.8, 4) is 0 Å². The van der Waals surface area contributed by atoms with Gasteiger partial charge in [-0.2, -0.15) is 0 Å². The van der Waals surface area contributed by atoms with Crippen LogP contribution >= 0.6 is 15.9 Å². The van der Waals surface area contributed by atoms with E-state index >= 15 is 0 Å². The molecule has 0 saturated heterocycles. The third-order valence-corrected chi connectivity index (χ3v) is 4.32. The van der Waals surface area contributed by atoms with Crippen molar-refractivity contribution in [2.75, 3.05) is 33.9 Å². The third kappa shape index (κ3) is 5.41. The Hall–Kier alpha value is -0.910. The van der Waals surface area contributed by atoms with E-state index in [0.29, 0.717) is 5.56 Å². The molecule has 1 saturated carbocycles. The molecule has 1 aliphatic carbocycles. The summed E-state index contributed by atoms with van der Waals surface area (Å²) in [6, 6.07) is 5.56. The highest BCUT2D eigenvalue weighted by molar-refractivity contribution is 9.10. The number of hydrogen-bond donors (Lipinski definition) is 0. The number of nitrogens with zero attached hydrogens (tertiary/aromatic N) is 1. The number of methoxy groups -OCH3 is 1. The zero-order valence-corrected chi connectivity index (χ0v) is 14.2. The SMILES string of the molecule is COC(=O)c1ccc(CN(C)CCOCC2CC2)c(Br)c1. The minimum Gasteiger partial charge on any atom is -0.465 e. The highest BCUT2D eigenvalue weighted by Crippen LogP contribution is 2.28. The van der Waals surface area contributed by atoms with E-state index in [-0.39, 0.29) is 5.97 Å². The fraction of sp³-hybridized carbons (Fsp3) is 0.562. The number of benzene rings is 1. The van der Waals surface area contributed by atoms with Crippen molar-refractivity contribution < 1.29 is 14.3 Å². The Kier molecular flexibility index (Phi) is 6.21. The first-order valence-electron chi connectivity index (χ1n) is 7.23. The summed E-state index contributed by atoms with van der Waals surface area (Å²) in [7, 11) is 3.46. The fourth-order valence-corrected chi connectivity index (χ4v) is 2.55. The molecule has 1 aromatic rings. The highest BCUT2D eigenvalue weighted by atomic mass is 79.9. The molecule has 0 N–H and O–H groups in total. The van der Waals surface area contributed by atoms with Crippen molar-refractivity contribution in [1.29, 1.82) is 0 Å². The Morgan fingerprint density at radius 3 is 2.81 bits per heavy atom. The number of esters is 1. The molecular formula is C16H22BrNO3. The number of hydrogen-bond acceptors (Lipinski definition) is 4. The van der Waals surface area contributed by atoms with E-state index in [0.717, 1.165) is 42.3 Å². The van der Waals surface area contributed by atoms with Crippen LogP contribution in [0.3, 0.4) is 0 Å². The maximum Gasteiger partial charge on any atom is 0.337 e. The lowest BCUT2D eigenvalue weighted by Crippen LogP contribution is -2.23. The largest absolute Gasteiger partial charge is 0.465 e. The summed E-state index contributed by atoms with van der Waals surface area (Å²) in [5, 5.41) is 0. The average molecular weight is 356 g/mol. The number of ether oxygens (including phenoxy) is 2. The predicted molar refractivity (Wildman–Crippen MR) is 85.4 cm³/mol. The molecule has 21 heavy (non-hydrogen) atoms. The molecule has 0 atom stereocenters. The highest BCUT2D eigenvalue weighted by Gasteiger charge is 2.21. The van der Waals surface area contributed by atoms with Crippen LogP contribution in [0, 0.1) is 5.92 Å². The molecule has 1 aromatic carbocycles. The summed E-state index contributed by atoms with van der Waals surface area (Å²) in [5.41, 5.74) is 1.70. The van der Waals surface area contributed by atoms with Gasteiger partial charge in [-0.25, -0.2) is 4.79 Å². The number of carbonyl (C=O) groups is 1. The van der Waals surface area contributed by atoms with E-state index < -0.39 is 0 Å². The Labute approximate surface area is 134 Å². The second kappa shape index (κ2) is 7.92. The van der Waals surface area contributed by atoms with Crippen LogP contribution < -0.4 is 0 Å². The molecule has 0 amide bonds. The van der Waals surface area contributed by atoms with Crippen LogP contribution in [-0.2, 0) is 16.0 Å². The van der Waals surface area contributed by atoms with Gasteiger partial charge in [0.2, 0.25) is 0 Å². The van der Waals surface area contributed by atoms with Crippen molar-refractivity contribution in [3.05, 3.63) is 33.8 Å². The van der Waals surface area contributed by atoms with Gasteiger partial charge in [-0.05, 0) is 43.5 Å². The fourth-order valence-electron chi connectivity index (χ4n) is 2.05. The second-order valence-electron chi connectivity index (χ2n) is 5.55. The zero-order chi connectivity index (χ0) is 15.2. The van der Waals surface area contributed by atoms with Gasteiger partial charge in [0.1, 0.15) is 0 Å². The summed E-state index contributed by atoms with van der Waals surface area (Å²) in [6.07, 6.45) is 2.66. The molecule has 5 heteroatoms. The maximum atomic E-state index is 11.5. The van der Waals surface area contributed by atoms with Crippen molar-refractivity contribution in [2.24, 2.45) is 5.92 Å². The van der Waals surface area contributed by atoms with Gasteiger partial charge in [0.15, 0.2) is 0 Å². The first-order valence-corrected chi connectivity index (χ1v) is 8.02. The summed E-state index contributed by atoms with van der Waals surface area (Å²) >= 11 is 3.52. The molecule has 0 heterocycles. The number of halogens is 1. The van der Waals surface area contributed by atoms with Gasteiger partial charge in [0.25, 0.3) is 0 Å². The second-order valence-corrected chi connectivity index (χ2v) is 6.41. The molecule has 0 aliphatic heterocycles. The lowest BCUT2D eigenvalue weighted by atomic mass is 10.1. The number of likely N-dealkylation sites (N-methyl/N-ethyl adjacent to an activating group) is 1. The Bertz CT molecular complexity index is 488. The van der Waals surface area contributed by atoms with Gasteiger partial charge in [-0.1, -0.05) is 22.0 Å². The molecule has 0 spiro atoms.